The van der Waals surface area contributed by atoms with Crippen molar-refractivity contribution in [2.75, 3.05) is 19.0 Å². The predicted octanol–water partition coefficient (Wildman–Crippen LogP) is 1.64. The lowest BCUT2D eigenvalue weighted by molar-refractivity contribution is -0.114. The monoisotopic (exact) mass is 277 g/mol. The van der Waals surface area contributed by atoms with Crippen LogP contribution in [-0.4, -0.2) is 24.5 Å². The van der Waals surface area contributed by atoms with Crippen molar-refractivity contribution in [3.05, 3.63) is 40.9 Å². The van der Waals surface area contributed by atoms with Crippen LogP contribution in [0.15, 0.2) is 30.5 Å². The average molecular weight is 277 g/mol. The molecule has 2 rings (SSSR count). The smallest absolute Gasteiger partial charge is 0.239 e. The number of ether oxygens (including phenoxy) is 1. The molecule has 0 unspecified atom stereocenters. The molecule has 1 heterocycles. The van der Waals surface area contributed by atoms with Gasteiger partial charge in [0.25, 0.3) is 0 Å². The number of nitrogens with two attached hydrogens (primary N) is 1. The number of amides is 1. The van der Waals surface area contributed by atoms with Gasteiger partial charge >= 0.3 is 0 Å². The van der Waals surface area contributed by atoms with Crippen LogP contribution in [0.1, 0.15) is 10.4 Å². The lowest BCUT2D eigenvalue weighted by Crippen LogP contribution is -2.21. The van der Waals surface area contributed by atoms with E-state index in [0.29, 0.717) is 5.13 Å². The Bertz CT molecular complexity index is 551. The molecule has 2 aromatic rings. The number of hydrogen-bond acceptors (Lipinski definition) is 5. The Morgan fingerprint density at radius 1 is 1.42 bits per heavy atom. The summed E-state index contributed by atoms with van der Waals surface area (Å²) in [6.45, 7) is -0.0343. The third-order valence-electron chi connectivity index (χ3n) is 2.52. The summed E-state index contributed by atoms with van der Waals surface area (Å²) in [7, 11) is 1.64. The van der Waals surface area contributed by atoms with Gasteiger partial charge < -0.3 is 15.8 Å². The van der Waals surface area contributed by atoms with Crippen molar-refractivity contribution in [1.29, 1.82) is 0 Å². The van der Waals surface area contributed by atoms with Crippen molar-refractivity contribution in [3.8, 4) is 5.75 Å². The quantitative estimate of drug-likeness (QED) is 0.871. The van der Waals surface area contributed by atoms with Crippen molar-refractivity contribution < 1.29 is 9.53 Å². The number of nitrogens with one attached hydrogen (secondary N) is 1. The molecular weight excluding hydrogens is 262 g/mol. The molecule has 6 heteroatoms. The highest BCUT2D eigenvalue weighted by molar-refractivity contribution is 7.15. The van der Waals surface area contributed by atoms with Gasteiger partial charge in [0.1, 0.15) is 5.75 Å². The average Bonchev–Trinajstić information content (AvgIpc) is 2.86. The van der Waals surface area contributed by atoms with Gasteiger partial charge in [-0.1, -0.05) is 12.1 Å². The number of benzene rings is 1. The van der Waals surface area contributed by atoms with Crippen LogP contribution in [0.25, 0.3) is 0 Å². The van der Waals surface area contributed by atoms with Gasteiger partial charge in [0.2, 0.25) is 5.91 Å². The van der Waals surface area contributed by atoms with E-state index in [0.717, 1.165) is 17.0 Å². The third-order valence-corrected chi connectivity index (χ3v) is 3.44. The van der Waals surface area contributed by atoms with E-state index in [4.69, 9.17) is 10.5 Å². The molecule has 0 atom stereocenters. The van der Waals surface area contributed by atoms with Gasteiger partial charge in [-0.25, -0.2) is 4.98 Å². The molecule has 0 aliphatic heterocycles. The van der Waals surface area contributed by atoms with E-state index in [1.807, 2.05) is 24.3 Å². The van der Waals surface area contributed by atoms with Crippen LogP contribution >= 0.6 is 11.3 Å². The zero-order valence-electron chi connectivity index (χ0n) is 10.6. The minimum absolute atomic E-state index is 0.0343. The topological polar surface area (TPSA) is 77.2 Å². The second-order valence-electron chi connectivity index (χ2n) is 3.91. The number of hydrogen-bond donors (Lipinski definition) is 2. The van der Waals surface area contributed by atoms with Crippen LogP contribution in [0.3, 0.4) is 0 Å². The molecule has 1 aromatic carbocycles. The maximum Gasteiger partial charge on any atom is 0.239 e. The maximum atomic E-state index is 11.1. The zero-order chi connectivity index (χ0) is 13.7. The minimum Gasteiger partial charge on any atom is -0.497 e. The van der Waals surface area contributed by atoms with Crippen molar-refractivity contribution in [2.24, 2.45) is 5.73 Å². The summed E-state index contributed by atoms with van der Waals surface area (Å²) in [5.74, 6) is 0.606. The Kier molecular flexibility index (Phi) is 4.48. The first-order valence-corrected chi connectivity index (χ1v) is 6.60. The number of thiazole rings is 1. The molecule has 0 radical (unpaired) electrons. The van der Waals surface area contributed by atoms with E-state index >= 15 is 0 Å². The van der Waals surface area contributed by atoms with Crippen LogP contribution in [0.4, 0.5) is 5.13 Å². The number of anilines is 1. The largest absolute Gasteiger partial charge is 0.497 e. The normalized spacial score (nSPS) is 10.2. The fourth-order valence-corrected chi connectivity index (χ4v) is 2.42. The minimum atomic E-state index is -0.231. The highest BCUT2D eigenvalue weighted by Gasteiger charge is 2.06. The van der Waals surface area contributed by atoms with E-state index in [1.165, 1.54) is 16.9 Å². The fraction of sp³-hybridized carbons (Fsp3) is 0.231. The summed E-state index contributed by atoms with van der Waals surface area (Å²) in [5, 5.41) is 3.22. The number of rotatable bonds is 5. The van der Waals surface area contributed by atoms with Gasteiger partial charge in [-0.3, -0.25) is 4.79 Å². The lowest BCUT2D eigenvalue weighted by Gasteiger charge is -2.01. The zero-order valence-corrected chi connectivity index (χ0v) is 11.4. The van der Waals surface area contributed by atoms with Crippen LogP contribution in [0.5, 0.6) is 5.75 Å². The Hall–Kier alpha value is -1.92. The first-order chi connectivity index (χ1) is 9.21. The summed E-state index contributed by atoms with van der Waals surface area (Å²) in [5.41, 5.74) is 6.40. The molecule has 0 saturated heterocycles. The second kappa shape index (κ2) is 6.31. The van der Waals surface area contributed by atoms with Crippen LogP contribution in [-0.2, 0) is 11.2 Å². The summed E-state index contributed by atoms with van der Waals surface area (Å²) in [6.07, 6.45) is 2.54. The second-order valence-corrected chi connectivity index (χ2v) is 5.02. The van der Waals surface area contributed by atoms with Crippen molar-refractivity contribution in [3.63, 3.8) is 0 Å². The summed E-state index contributed by atoms with van der Waals surface area (Å²) >= 11 is 1.45. The van der Waals surface area contributed by atoms with Gasteiger partial charge in [0, 0.05) is 17.5 Å². The van der Waals surface area contributed by atoms with E-state index < -0.39 is 0 Å². The molecule has 0 aliphatic carbocycles. The number of methoxy groups -OCH3 is 1. The Morgan fingerprint density at radius 3 is 2.79 bits per heavy atom. The fourth-order valence-electron chi connectivity index (χ4n) is 1.56. The van der Waals surface area contributed by atoms with Crippen molar-refractivity contribution >= 4 is 22.4 Å². The first kappa shape index (κ1) is 13.5. The number of carbonyl (C=O) groups excluding carboxylic acids is 1. The van der Waals surface area contributed by atoms with Crippen LogP contribution < -0.4 is 15.8 Å². The van der Waals surface area contributed by atoms with E-state index in [2.05, 4.69) is 10.3 Å². The van der Waals surface area contributed by atoms with Crippen molar-refractivity contribution in [2.45, 2.75) is 6.42 Å². The number of aromatic nitrogens is 1. The van der Waals surface area contributed by atoms with E-state index in [-0.39, 0.29) is 12.5 Å². The summed E-state index contributed by atoms with van der Waals surface area (Å²) in [6, 6.07) is 7.87. The molecule has 0 fully saturated rings. The standard InChI is InChI=1S/C13H15N3O2S/c1-18-10-4-2-9(3-5-10)6-11-8-15-13(19-11)16-12(17)7-14/h2-5,8H,6-7,14H2,1H3,(H,15,16,17). The van der Waals surface area contributed by atoms with E-state index in [1.54, 1.807) is 13.3 Å². The van der Waals surface area contributed by atoms with Crippen LogP contribution in [0, 0.1) is 0 Å². The Morgan fingerprint density at radius 2 is 2.16 bits per heavy atom. The van der Waals surface area contributed by atoms with E-state index in [9.17, 15) is 4.79 Å². The van der Waals surface area contributed by atoms with Crippen LogP contribution in [0.2, 0.25) is 0 Å². The lowest BCUT2D eigenvalue weighted by atomic mass is 10.1. The highest BCUT2D eigenvalue weighted by Crippen LogP contribution is 2.22. The summed E-state index contributed by atoms with van der Waals surface area (Å²) in [4.78, 5) is 16.4. The third kappa shape index (κ3) is 3.77. The maximum absolute atomic E-state index is 11.1. The van der Waals surface area contributed by atoms with Gasteiger partial charge in [-0.2, -0.15) is 0 Å². The summed E-state index contributed by atoms with van der Waals surface area (Å²) < 4.78 is 5.11. The van der Waals surface area contributed by atoms with Crippen molar-refractivity contribution in [1.82, 2.24) is 4.98 Å². The molecule has 0 bridgehead atoms. The van der Waals surface area contributed by atoms with Gasteiger partial charge in [-0.15, -0.1) is 11.3 Å². The molecular formula is C13H15N3O2S. The number of carbonyl (C=O) groups is 1. The molecule has 19 heavy (non-hydrogen) atoms. The molecule has 0 aliphatic rings. The van der Waals surface area contributed by atoms with Gasteiger partial charge in [0.05, 0.1) is 13.7 Å². The number of nitrogens with zero attached hydrogens (tertiary/aromatic N) is 1. The molecule has 1 amide bonds. The molecule has 3 N–H and O–H groups in total. The van der Waals surface area contributed by atoms with Gasteiger partial charge in [-0.05, 0) is 17.7 Å². The first-order valence-electron chi connectivity index (χ1n) is 5.79. The Balaban J connectivity index is 2.00. The SMILES string of the molecule is COc1ccc(Cc2cnc(NC(=O)CN)s2)cc1. The molecule has 0 saturated carbocycles. The molecule has 100 valence electrons. The molecule has 0 spiro atoms. The highest BCUT2D eigenvalue weighted by atomic mass is 32.1. The Labute approximate surface area is 115 Å². The molecule has 1 aromatic heterocycles. The molecule has 5 nitrogen and oxygen atoms in total. The van der Waals surface area contributed by atoms with Gasteiger partial charge in [0.15, 0.2) is 5.13 Å². The predicted molar refractivity (Wildman–Crippen MR) is 75.6 cm³/mol.